The van der Waals surface area contributed by atoms with E-state index >= 15 is 0 Å². The maximum absolute atomic E-state index is 11.8. The summed E-state index contributed by atoms with van der Waals surface area (Å²) in [6, 6.07) is 0. The molecule has 0 rings (SSSR count). The Morgan fingerprint density at radius 3 is 2.37 bits per heavy atom. The van der Waals surface area contributed by atoms with Gasteiger partial charge in [-0.3, -0.25) is 4.79 Å². The second-order valence-corrected chi connectivity index (χ2v) is 5.47. The molecule has 0 amide bonds. The van der Waals surface area contributed by atoms with E-state index in [4.69, 9.17) is 4.74 Å². The molecule has 0 spiro atoms. The fraction of sp³-hybridized carbons (Fsp3) is 0.933. The summed E-state index contributed by atoms with van der Waals surface area (Å²) >= 11 is 0. The van der Waals surface area contributed by atoms with Gasteiger partial charge in [0, 0.05) is 0 Å². The Morgan fingerprint density at radius 1 is 1.21 bits per heavy atom. The van der Waals surface area contributed by atoms with Gasteiger partial charge in [-0.25, -0.2) is 0 Å². The van der Waals surface area contributed by atoms with Crippen LogP contribution in [0.4, 0.5) is 0 Å². The minimum Gasteiger partial charge on any atom is -0.468 e. The summed E-state index contributed by atoms with van der Waals surface area (Å²) in [5.41, 5.74) is -0.536. The van der Waals surface area contributed by atoms with Gasteiger partial charge < -0.3 is 15.0 Å². The van der Waals surface area contributed by atoms with Crippen LogP contribution in [-0.2, 0) is 9.53 Å². The number of rotatable bonds is 11. The second kappa shape index (κ2) is 10.2. The van der Waals surface area contributed by atoms with Gasteiger partial charge in [0.05, 0.1) is 7.11 Å². The van der Waals surface area contributed by atoms with Crippen LogP contribution in [0.5, 0.6) is 0 Å². The lowest BCUT2D eigenvalue weighted by atomic mass is 9.94. The van der Waals surface area contributed by atoms with E-state index in [1.165, 1.54) is 20.0 Å². The maximum Gasteiger partial charge on any atom is 0.325 e. The zero-order chi connectivity index (χ0) is 14.7. The van der Waals surface area contributed by atoms with Crippen LogP contribution < -0.4 is 5.32 Å². The van der Waals surface area contributed by atoms with Crippen LogP contribution in [-0.4, -0.2) is 50.2 Å². The third-order valence-corrected chi connectivity index (χ3v) is 3.56. The molecule has 0 fully saturated rings. The number of esters is 1. The quantitative estimate of drug-likeness (QED) is 0.463. The van der Waals surface area contributed by atoms with E-state index in [1.807, 2.05) is 13.8 Å². The first kappa shape index (κ1) is 18.4. The molecular weight excluding hydrogens is 240 g/mol. The Labute approximate surface area is 118 Å². The molecule has 0 aliphatic carbocycles. The number of unbranched alkanes of at least 4 members (excludes halogenated alkanes) is 2. The molecule has 0 aromatic rings. The number of nitrogens with zero attached hydrogens (tertiary/aromatic N) is 1. The van der Waals surface area contributed by atoms with Crippen molar-refractivity contribution < 1.29 is 9.53 Å². The van der Waals surface area contributed by atoms with Crippen molar-refractivity contribution in [3.63, 3.8) is 0 Å². The molecule has 1 atom stereocenters. The molecule has 0 heterocycles. The molecule has 0 aliphatic heterocycles. The van der Waals surface area contributed by atoms with Crippen molar-refractivity contribution in [3.05, 3.63) is 0 Å². The number of likely N-dealkylation sites (N-methyl/N-ethyl adjacent to an activating group) is 1. The SMILES string of the molecule is CCCCN(C)CCCCC(C)(NCC)C(=O)OC. The molecule has 4 heteroatoms. The predicted octanol–water partition coefficient (Wildman–Crippen LogP) is 2.43. The molecule has 0 saturated heterocycles. The third-order valence-electron chi connectivity index (χ3n) is 3.56. The molecular formula is C15H32N2O2. The van der Waals surface area contributed by atoms with Crippen molar-refractivity contribution in [2.24, 2.45) is 0 Å². The molecule has 0 radical (unpaired) electrons. The number of carbonyl (C=O) groups excluding carboxylic acids is 1. The summed E-state index contributed by atoms with van der Waals surface area (Å²) in [6.45, 7) is 9.21. The number of carbonyl (C=O) groups is 1. The Hall–Kier alpha value is -0.610. The lowest BCUT2D eigenvalue weighted by Crippen LogP contribution is -2.50. The topological polar surface area (TPSA) is 41.6 Å². The number of hydrogen-bond acceptors (Lipinski definition) is 4. The van der Waals surface area contributed by atoms with Crippen molar-refractivity contribution in [1.29, 1.82) is 0 Å². The molecule has 0 aromatic heterocycles. The van der Waals surface area contributed by atoms with Gasteiger partial charge in [-0.15, -0.1) is 0 Å². The molecule has 114 valence electrons. The van der Waals surface area contributed by atoms with E-state index in [1.54, 1.807) is 0 Å². The minimum absolute atomic E-state index is 0.159. The summed E-state index contributed by atoms with van der Waals surface area (Å²) in [6.07, 6.45) is 5.49. The monoisotopic (exact) mass is 272 g/mol. The van der Waals surface area contributed by atoms with Crippen LogP contribution >= 0.6 is 0 Å². The summed E-state index contributed by atoms with van der Waals surface area (Å²) in [4.78, 5) is 14.2. The first-order chi connectivity index (χ1) is 9.00. The number of hydrogen-bond donors (Lipinski definition) is 1. The van der Waals surface area contributed by atoms with Gasteiger partial charge in [-0.2, -0.15) is 0 Å². The van der Waals surface area contributed by atoms with Crippen molar-refractivity contribution in [2.75, 3.05) is 33.8 Å². The average molecular weight is 272 g/mol. The van der Waals surface area contributed by atoms with Gasteiger partial charge in [-0.1, -0.05) is 20.3 Å². The van der Waals surface area contributed by atoms with Gasteiger partial charge >= 0.3 is 5.97 Å². The minimum atomic E-state index is -0.536. The van der Waals surface area contributed by atoms with Crippen LogP contribution in [0.2, 0.25) is 0 Å². The van der Waals surface area contributed by atoms with Crippen molar-refractivity contribution >= 4 is 5.97 Å². The highest BCUT2D eigenvalue weighted by molar-refractivity contribution is 5.80. The van der Waals surface area contributed by atoms with Gasteiger partial charge in [0.25, 0.3) is 0 Å². The molecule has 1 unspecified atom stereocenters. The molecule has 0 aromatic carbocycles. The Balaban J connectivity index is 3.97. The van der Waals surface area contributed by atoms with Crippen LogP contribution in [0.25, 0.3) is 0 Å². The van der Waals surface area contributed by atoms with E-state index in [9.17, 15) is 4.79 Å². The van der Waals surface area contributed by atoms with Gasteiger partial charge in [0.15, 0.2) is 0 Å². The normalized spacial score (nSPS) is 14.4. The lowest BCUT2D eigenvalue weighted by Gasteiger charge is -2.27. The zero-order valence-corrected chi connectivity index (χ0v) is 13.4. The Bertz CT molecular complexity index is 246. The van der Waals surface area contributed by atoms with Gasteiger partial charge in [0.2, 0.25) is 0 Å². The lowest BCUT2D eigenvalue weighted by molar-refractivity contribution is -0.148. The predicted molar refractivity (Wildman–Crippen MR) is 80.4 cm³/mol. The van der Waals surface area contributed by atoms with Gasteiger partial charge in [-0.05, 0) is 59.3 Å². The second-order valence-electron chi connectivity index (χ2n) is 5.47. The standard InChI is InChI=1S/C15H32N2O2/c1-6-8-12-17(4)13-10-9-11-15(3,16-7-2)14(18)19-5/h16H,6-13H2,1-5H3. The maximum atomic E-state index is 11.8. The summed E-state index contributed by atoms with van der Waals surface area (Å²) in [5, 5.41) is 3.24. The number of methoxy groups -OCH3 is 1. The van der Waals surface area contributed by atoms with E-state index in [0.717, 1.165) is 38.9 Å². The van der Waals surface area contributed by atoms with E-state index in [2.05, 4.69) is 24.2 Å². The van der Waals surface area contributed by atoms with Crippen LogP contribution in [0.1, 0.15) is 52.9 Å². The van der Waals surface area contributed by atoms with E-state index in [-0.39, 0.29) is 5.97 Å². The van der Waals surface area contributed by atoms with E-state index < -0.39 is 5.54 Å². The first-order valence-electron chi connectivity index (χ1n) is 7.52. The fourth-order valence-electron chi connectivity index (χ4n) is 2.28. The molecule has 1 N–H and O–H groups in total. The summed E-state index contributed by atoms with van der Waals surface area (Å²) in [7, 11) is 3.62. The molecule has 4 nitrogen and oxygen atoms in total. The highest BCUT2D eigenvalue weighted by Gasteiger charge is 2.32. The van der Waals surface area contributed by atoms with Crippen molar-refractivity contribution in [3.8, 4) is 0 Å². The molecule has 0 aliphatic rings. The summed E-state index contributed by atoms with van der Waals surface area (Å²) < 4.78 is 4.89. The van der Waals surface area contributed by atoms with Gasteiger partial charge in [0.1, 0.15) is 5.54 Å². The fourth-order valence-corrected chi connectivity index (χ4v) is 2.28. The number of ether oxygens (including phenoxy) is 1. The third kappa shape index (κ3) is 7.53. The van der Waals surface area contributed by atoms with Crippen molar-refractivity contribution in [1.82, 2.24) is 10.2 Å². The average Bonchev–Trinajstić information content (AvgIpc) is 2.40. The first-order valence-corrected chi connectivity index (χ1v) is 7.52. The highest BCUT2D eigenvalue weighted by atomic mass is 16.5. The Kier molecular flexibility index (Phi) is 9.88. The zero-order valence-electron chi connectivity index (χ0n) is 13.4. The van der Waals surface area contributed by atoms with E-state index in [0.29, 0.717) is 0 Å². The smallest absolute Gasteiger partial charge is 0.325 e. The Morgan fingerprint density at radius 2 is 1.84 bits per heavy atom. The molecule has 0 bridgehead atoms. The summed E-state index contributed by atoms with van der Waals surface area (Å²) in [5.74, 6) is -0.159. The molecule has 19 heavy (non-hydrogen) atoms. The van der Waals surface area contributed by atoms with Crippen LogP contribution in [0.3, 0.4) is 0 Å². The highest BCUT2D eigenvalue weighted by Crippen LogP contribution is 2.16. The van der Waals surface area contributed by atoms with Crippen molar-refractivity contribution in [2.45, 2.75) is 58.4 Å². The van der Waals surface area contributed by atoms with Crippen LogP contribution in [0.15, 0.2) is 0 Å². The number of nitrogens with one attached hydrogen (secondary N) is 1. The van der Waals surface area contributed by atoms with Crippen LogP contribution in [0, 0.1) is 0 Å². The molecule has 0 saturated carbocycles. The largest absolute Gasteiger partial charge is 0.468 e.